The molecule has 0 aromatic carbocycles. The van der Waals surface area contributed by atoms with Crippen LogP contribution in [-0.4, -0.2) is 18.1 Å². The molecule has 1 aromatic rings. The van der Waals surface area contributed by atoms with Crippen LogP contribution in [0.25, 0.3) is 0 Å². The first-order valence-electron chi connectivity index (χ1n) is 4.53. The van der Waals surface area contributed by atoms with Gasteiger partial charge in [0.2, 0.25) is 0 Å². The van der Waals surface area contributed by atoms with Crippen LogP contribution in [0.3, 0.4) is 0 Å². The van der Waals surface area contributed by atoms with Gasteiger partial charge in [0.15, 0.2) is 5.69 Å². The van der Waals surface area contributed by atoms with Crippen LogP contribution in [0.1, 0.15) is 35.3 Å². The highest BCUT2D eigenvalue weighted by molar-refractivity contribution is 7.10. The summed E-state index contributed by atoms with van der Waals surface area (Å²) in [7, 11) is 1.31. The third-order valence-corrected chi connectivity index (χ3v) is 2.92. The number of hydrogen-bond acceptors (Lipinski definition) is 5. The van der Waals surface area contributed by atoms with Crippen molar-refractivity contribution < 1.29 is 9.53 Å². The molecule has 1 heterocycles. The number of carbonyl (C=O) groups excluding carboxylic acids is 1. The Labute approximate surface area is 92.5 Å². The van der Waals surface area contributed by atoms with Gasteiger partial charge in [-0.25, -0.2) is 9.78 Å². The molecular formula is C10H12N2O2S. The van der Waals surface area contributed by atoms with Crippen LogP contribution < -0.4 is 0 Å². The molecule has 0 amide bonds. The second-order valence-electron chi connectivity index (χ2n) is 3.41. The molecule has 80 valence electrons. The van der Waals surface area contributed by atoms with Gasteiger partial charge in [0, 0.05) is 5.38 Å². The van der Waals surface area contributed by atoms with Gasteiger partial charge in [-0.05, 0) is 5.92 Å². The van der Waals surface area contributed by atoms with Crippen molar-refractivity contribution in [3.8, 4) is 6.07 Å². The molecule has 0 saturated heterocycles. The number of hydrogen-bond donors (Lipinski definition) is 0. The molecule has 4 nitrogen and oxygen atoms in total. The van der Waals surface area contributed by atoms with E-state index in [0.29, 0.717) is 5.01 Å². The van der Waals surface area contributed by atoms with Gasteiger partial charge < -0.3 is 4.74 Å². The van der Waals surface area contributed by atoms with Crippen molar-refractivity contribution in [1.82, 2.24) is 4.98 Å². The number of esters is 1. The predicted molar refractivity (Wildman–Crippen MR) is 56.6 cm³/mol. The second kappa shape index (κ2) is 4.89. The summed E-state index contributed by atoms with van der Waals surface area (Å²) in [6.45, 7) is 3.90. The van der Waals surface area contributed by atoms with E-state index in [4.69, 9.17) is 5.26 Å². The molecule has 1 aromatic heterocycles. The number of thiazole rings is 1. The van der Waals surface area contributed by atoms with E-state index < -0.39 is 5.97 Å². The van der Waals surface area contributed by atoms with Crippen molar-refractivity contribution in [2.24, 2.45) is 5.92 Å². The fraction of sp³-hybridized carbons (Fsp3) is 0.500. The lowest BCUT2D eigenvalue weighted by Gasteiger charge is -2.08. The van der Waals surface area contributed by atoms with Gasteiger partial charge >= 0.3 is 5.97 Å². The maximum Gasteiger partial charge on any atom is 0.357 e. The van der Waals surface area contributed by atoms with Crippen molar-refractivity contribution in [1.29, 1.82) is 5.26 Å². The molecule has 1 atom stereocenters. The normalized spacial score (nSPS) is 12.2. The lowest BCUT2D eigenvalue weighted by Crippen LogP contribution is -2.06. The zero-order valence-corrected chi connectivity index (χ0v) is 9.67. The molecule has 0 spiro atoms. The van der Waals surface area contributed by atoms with E-state index in [-0.39, 0.29) is 17.5 Å². The van der Waals surface area contributed by atoms with Crippen molar-refractivity contribution >= 4 is 17.3 Å². The molecule has 0 aliphatic carbocycles. The van der Waals surface area contributed by atoms with Crippen LogP contribution in [0.4, 0.5) is 0 Å². The third-order valence-electron chi connectivity index (χ3n) is 1.99. The minimum absolute atomic E-state index is 0.187. The number of carbonyl (C=O) groups is 1. The Hall–Kier alpha value is -1.41. The zero-order valence-electron chi connectivity index (χ0n) is 8.85. The van der Waals surface area contributed by atoms with E-state index in [1.54, 1.807) is 5.38 Å². The summed E-state index contributed by atoms with van der Waals surface area (Å²) < 4.78 is 4.55. The smallest absolute Gasteiger partial charge is 0.357 e. The van der Waals surface area contributed by atoms with Gasteiger partial charge in [0.25, 0.3) is 0 Å². The minimum atomic E-state index is -0.460. The SMILES string of the molecule is COC(=O)c1csc(C(C#N)C(C)C)n1. The van der Waals surface area contributed by atoms with Crippen molar-refractivity contribution in [2.45, 2.75) is 19.8 Å². The summed E-state index contributed by atoms with van der Waals surface area (Å²) in [6.07, 6.45) is 0. The van der Waals surface area contributed by atoms with Crippen LogP contribution >= 0.6 is 11.3 Å². The zero-order chi connectivity index (χ0) is 11.4. The summed E-state index contributed by atoms with van der Waals surface area (Å²) in [5.74, 6) is -0.530. The first-order valence-corrected chi connectivity index (χ1v) is 5.41. The summed E-state index contributed by atoms with van der Waals surface area (Å²) >= 11 is 1.32. The van der Waals surface area contributed by atoms with Gasteiger partial charge in [0.1, 0.15) is 10.9 Å². The Morgan fingerprint density at radius 1 is 1.67 bits per heavy atom. The van der Waals surface area contributed by atoms with E-state index in [1.807, 2.05) is 13.8 Å². The van der Waals surface area contributed by atoms with Crippen LogP contribution in [0.15, 0.2) is 5.38 Å². The fourth-order valence-corrected chi connectivity index (χ4v) is 2.12. The number of nitrogens with zero attached hydrogens (tertiary/aromatic N) is 2. The molecule has 15 heavy (non-hydrogen) atoms. The van der Waals surface area contributed by atoms with Gasteiger partial charge in [-0.3, -0.25) is 0 Å². The number of nitriles is 1. The summed E-state index contributed by atoms with van der Waals surface area (Å²) in [5.41, 5.74) is 0.276. The number of rotatable bonds is 3. The van der Waals surface area contributed by atoms with Crippen molar-refractivity contribution in [3.63, 3.8) is 0 Å². The van der Waals surface area contributed by atoms with Gasteiger partial charge in [-0.1, -0.05) is 13.8 Å². The number of ether oxygens (including phenoxy) is 1. The molecule has 0 aliphatic rings. The lowest BCUT2D eigenvalue weighted by atomic mass is 9.98. The molecule has 1 rings (SSSR count). The second-order valence-corrected chi connectivity index (χ2v) is 4.30. The third kappa shape index (κ3) is 2.54. The number of methoxy groups -OCH3 is 1. The first-order chi connectivity index (χ1) is 7.10. The largest absolute Gasteiger partial charge is 0.464 e. The molecule has 0 bridgehead atoms. The van der Waals surface area contributed by atoms with Crippen LogP contribution in [-0.2, 0) is 4.74 Å². The molecule has 0 radical (unpaired) electrons. The maximum absolute atomic E-state index is 11.1. The van der Waals surface area contributed by atoms with Crippen LogP contribution in [0, 0.1) is 17.2 Å². The molecule has 0 fully saturated rings. The van der Waals surface area contributed by atoms with Crippen molar-refractivity contribution in [3.05, 3.63) is 16.1 Å². The summed E-state index contributed by atoms with van der Waals surface area (Å²) in [4.78, 5) is 15.2. The van der Waals surface area contributed by atoms with Gasteiger partial charge in [-0.15, -0.1) is 11.3 Å². The van der Waals surface area contributed by atoms with Gasteiger partial charge in [0.05, 0.1) is 13.2 Å². The van der Waals surface area contributed by atoms with Crippen molar-refractivity contribution in [2.75, 3.05) is 7.11 Å². The monoisotopic (exact) mass is 224 g/mol. The standard InChI is InChI=1S/C10H12N2O2S/c1-6(2)7(4-11)9-12-8(5-15-9)10(13)14-3/h5-7H,1-3H3. The van der Waals surface area contributed by atoms with Crippen LogP contribution in [0.2, 0.25) is 0 Å². The summed E-state index contributed by atoms with van der Waals surface area (Å²) in [5, 5.41) is 11.2. The maximum atomic E-state index is 11.1. The first kappa shape index (κ1) is 11.7. The predicted octanol–water partition coefficient (Wildman–Crippen LogP) is 2.19. The fourth-order valence-electron chi connectivity index (χ4n) is 1.12. The highest BCUT2D eigenvalue weighted by Crippen LogP contribution is 2.26. The molecule has 1 unspecified atom stereocenters. The topological polar surface area (TPSA) is 63.0 Å². The van der Waals surface area contributed by atoms with E-state index in [2.05, 4.69) is 15.8 Å². The quantitative estimate of drug-likeness (QED) is 0.738. The molecular weight excluding hydrogens is 212 g/mol. The molecule has 0 aliphatic heterocycles. The van der Waals surface area contributed by atoms with E-state index >= 15 is 0 Å². The highest BCUT2D eigenvalue weighted by Gasteiger charge is 2.20. The average molecular weight is 224 g/mol. The molecule has 0 N–H and O–H groups in total. The Bertz CT molecular complexity index is 392. The van der Waals surface area contributed by atoms with E-state index in [1.165, 1.54) is 18.4 Å². The van der Waals surface area contributed by atoms with E-state index in [9.17, 15) is 4.79 Å². The number of aromatic nitrogens is 1. The highest BCUT2D eigenvalue weighted by atomic mass is 32.1. The molecule has 0 saturated carbocycles. The Morgan fingerprint density at radius 3 is 2.80 bits per heavy atom. The Kier molecular flexibility index (Phi) is 3.81. The Morgan fingerprint density at radius 2 is 2.33 bits per heavy atom. The van der Waals surface area contributed by atoms with Crippen LogP contribution in [0.5, 0.6) is 0 Å². The summed E-state index contributed by atoms with van der Waals surface area (Å²) in [6, 6.07) is 2.18. The molecule has 5 heteroatoms. The van der Waals surface area contributed by atoms with E-state index in [0.717, 1.165) is 0 Å². The Balaban J connectivity index is 2.93. The lowest BCUT2D eigenvalue weighted by molar-refractivity contribution is 0.0594. The van der Waals surface area contributed by atoms with Gasteiger partial charge in [-0.2, -0.15) is 5.26 Å². The minimum Gasteiger partial charge on any atom is -0.464 e. The average Bonchev–Trinajstić information content (AvgIpc) is 2.66.